The molecule has 9 nitrogen and oxygen atoms in total. The van der Waals surface area contributed by atoms with E-state index in [4.69, 9.17) is 20.9 Å². The SMILES string of the molecule is NC(=O)O[C@H]1CCCN1CC1CC(n2cc(-c3cccc(OCc4ccccc4)c3)c3c(N)ncnc32)C1. The van der Waals surface area contributed by atoms with Crippen LogP contribution in [0.4, 0.5) is 10.6 Å². The molecule has 6 rings (SSSR count). The summed E-state index contributed by atoms with van der Waals surface area (Å²) < 4.78 is 13.6. The summed E-state index contributed by atoms with van der Waals surface area (Å²) in [7, 11) is 0. The van der Waals surface area contributed by atoms with Crippen molar-refractivity contribution in [1.82, 2.24) is 19.4 Å². The quantitative estimate of drug-likeness (QED) is 0.350. The summed E-state index contributed by atoms with van der Waals surface area (Å²) in [5.41, 5.74) is 15.6. The van der Waals surface area contributed by atoms with E-state index in [9.17, 15) is 4.79 Å². The number of likely N-dealkylation sites (tertiary alicyclic amines) is 1. The molecule has 0 unspecified atom stereocenters. The standard InChI is InChI=1S/C29H32N6O3/c30-27-26-24(21-8-4-9-23(14-21)37-17-19-6-2-1-3-7-19)16-35(28(26)33-18-32-27)22-12-20(13-22)15-34-11-5-10-25(34)38-29(31)36/h1-4,6-9,14,16,18,20,22,25H,5,10-13,15,17H2,(H2,31,36)(H2,30,32,33)/t20?,22?,25-/m0/s1. The minimum absolute atomic E-state index is 0.200. The molecule has 1 amide bonds. The lowest BCUT2D eigenvalue weighted by Gasteiger charge is -2.39. The zero-order chi connectivity index (χ0) is 26.1. The van der Waals surface area contributed by atoms with Gasteiger partial charge in [-0.3, -0.25) is 4.90 Å². The Bertz CT molecular complexity index is 1430. The lowest BCUT2D eigenvalue weighted by molar-refractivity contribution is -0.00181. The second-order valence-electron chi connectivity index (χ2n) is 10.2. The molecule has 2 aliphatic rings. The van der Waals surface area contributed by atoms with Gasteiger partial charge in [0.15, 0.2) is 6.23 Å². The number of fused-ring (bicyclic) bond motifs is 1. The van der Waals surface area contributed by atoms with Gasteiger partial charge in [-0.05, 0) is 54.9 Å². The largest absolute Gasteiger partial charge is 0.489 e. The number of carbonyl (C=O) groups is 1. The molecule has 2 fully saturated rings. The number of nitrogens with two attached hydrogens (primary N) is 2. The average molecular weight is 513 g/mol. The molecule has 9 heteroatoms. The Morgan fingerprint density at radius 1 is 1.08 bits per heavy atom. The molecule has 1 atom stereocenters. The molecule has 1 saturated heterocycles. The summed E-state index contributed by atoms with van der Waals surface area (Å²) in [4.78, 5) is 22.4. The Balaban J connectivity index is 1.20. The number of benzene rings is 2. The maximum absolute atomic E-state index is 11.2. The topological polar surface area (TPSA) is 122 Å². The number of hydrogen-bond acceptors (Lipinski definition) is 7. The minimum Gasteiger partial charge on any atom is -0.489 e. The Labute approximate surface area is 221 Å². The Morgan fingerprint density at radius 2 is 1.92 bits per heavy atom. The first kappa shape index (κ1) is 24.2. The van der Waals surface area contributed by atoms with Gasteiger partial charge < -0.3 is 25.5 Å². The number of nitrogens with zero attached hydrogens (tertiary/aromatic N) is 4. The molecule has 4 aromatic rings. The number of anilines is 1. The predicted molar refractivity (Wildman–Crippen MR) is 145 cm³/mol. The van der Waals surface area contributed by atoms with Crippen molar-refractivity contribution in [1.29, 1.82) is 0 Å². The number of nitrogen functional groups attached to an aromatic ring is 1. The third-order valence-corrected chi connectivity index (χ3v) is 7.68. The highest BCUT2D eigenvalue weighted by Crippen LogP contribution is 2.44. The molecule has 1 saturated carbocycles. The monoisotopic (exact) mass is 512 g/mol. The van der Waals surface area contributed by atoms with E-state index in [1.807, 2.05) is 36.4 Å². The van der Waals surface area contributed by atoms with Crippen molar-refractivity contribution >= 4 is 22.9 Å². The number of ether oxygens (including phenoxy) is 2. The number of aromatic nitrogens is 3. The van der Waals surface area contributed by atoms with Crippen molar-refractivity contribution in [3.8, 4) is 16.9 Å². The Hall–Kier alpha value is -4.11. The molecule has 0 radical (unpaired) electrons. The van der Waals surface area contributed by atoms with Crippen LogP contribution in [0.2, 0.25) is 0 Å². The van der Waals surface area contributed by atoms with Crippen LogP contribution in [-0.4, -0.2) is 44.8 Å². The zero-order valence-corrected chi connectivity index (χ0v) is 21.2. The molecule has 0 spiro atoms. The van der Waals surface area contributed by atoms with Crippen molar-refractivity contribution in [2.75, 3.05) is 18.8 Å². The van der Waals surface area contributed by atoms with Crippen LogP contribution in [0.25, 0.3) is 22.2 Å². The van der Waals surface area contributed by atoms with Crippen LogP contribution in [-0.2, 0) is 11.3 Å². The summed E-state index contributed by atoms with van der Waals surface area (Å²) in [6.07, 6.45) is 6.69. The number of amides is 1. The number of hydrogen-bond donors (Lipinski definition) is 2. The van der Waals surface area contributed by atoms with Gasteiger partial charge in [-0.15, -0.1) is 0 Å². The van der Waals surface area contributed by atoms with Crippen LogP contribution >= 0.6 is 0 Å². The van der Waals surface area contributed by atoms with Gasteiger partial charge in [0.1, 0.15) is 30.1 Å². The Morgan fingerprint density at radius 3 is 2.74 bits per heavy atom. The molecule has 0 bridgehead atoms. The van der Waals surface area contributed by atoms with Gasteiger partial charge in [-0.2, -0.15) is 0 Å². The van der Waals surface area contributed by atoms with Gasteiger partial charge >= 0.3 is 6.09 Å². The molecular formula is C29H32N6O3. The van der Waals surface area contributed by atoms with Gasteiger partial charge in [-0.25, -0.2) is 14.8 Å². The van der Waals surface area contributed by atoms with Crippen LogP contribution in [0, 0.1) is 5.92 Å². The zero-order valence-electron chi connectivity index (χ0n) is 21.2. The highest BCUT2D eigenvalue weighted by molar-refractivity contribution is 6.00. The number of carbonyl (C=O) groups excluding carboxylic acids is 1. The van der Waals surface area contributed by atoms with Crippen molar-refractivity contribution in [2.24, 2.45) is 11.7 Å². The van der Waals surface area contributed by atoms with Crippen molar-refractivity contribution in [2.45, 2.75) is 44.6 Å². The molecule has 3 heterocycles. The van der Waals surface area contributed by atoms with Crippen LogP contribution in [0.3, 0.4) is 0 Å². The molecule has 2 aromatic carbocycles. The van der Waals surface area contributed by atoms with Crippen LogP contribution < -0.4 is 16.2 Å². The summed E-state index contributed by atoms with van der Waals surface area (Å²) in [5, 5.41) is 0.866. The highest BCUT2D eigenvalue weighted by Gasteiger charge is 2.37. The molecular weight excluding hydrogens is 480 g/mol. The van der Waals surface area contributed by atoms with Crippen LogP contribution in [0.5, 0.6) is 5.75 Å². The van der Waals surface area contributed by atoms with Gasteiger partial charge in [0, 0.05) is 30.9 Å². The number of primary amides is 1. The van der Waals surface area contributed by atoms with Crippen molar-refractivity contribution < 1.29 is 14.3 Å². The third-order valence-electron chi connectivity index (χ3n) is 7.68. The second kappa shape index (κ2) is 10.3. The summed E-state index contributed by atoms with van der Waals surface area (Å²) in [6, 6.07) is 18.5. The predicted octanol–water partition coefficient (Wildman–Crippen LogP) is 4.73. The fraction of sp³-hybridized carbons (Fsp3) is 0.345. The lowest BCUT2D eigenvalue weighted by Crippen LogP contribution is -2.41. The van der Waals surface area contributed by atoms with E-state index in [0.29, 0.717) is 24.4 Å². The van der Waals surface area contributed by atoms with Crippen molar-refractivity contribution in [3.05, 3.63) is 72.7 Å². The lowest BCUT2D eigenvalue weighted by atomic mass is 9.79. The van der Waals surface area contributed by atoms with Crippen LogP contribution in [0.15, 0.2) is 67.1 Å². The third kappa shape index (κ3) is 4.89. The van der Waals surface area contributed by atoms with E-state index in [1.54, 1.807) is 0 Å². The molecule has 2 aromatic heterocycles. The second-order valence-corrected chi connectivity index (χ2v) is 10.2. The summed E-state index contributed by atoms with van der Waals surface area (Å²) in [5.74, 6) is 1.79. The van der Waals surface area contributed by atoms with E-state index in [1.165, 1.54) is 6.33 Å². The van der Waals surface area contributed by atoms with Gasteiger partial charge in [0.2, 0.25) is 0 Å². The average Bonchev–Trinajstić information content (AvgIpc) is 3.50. The highest BCUT2D eigenvalue weighted by atomic mass is 16.6. The van der Waals surface area contributed by atoms with Gasteiger partial charge in [0.05, 0.1) is 5.39 Å². The van der Waals surface area contributed by atoms with E-state index < -0.39 is 6.09 Å². The maximum atomic E-state index is 11.2. The first-order valence-corrected chi connectivity index (χ1v) is 13.1. The fourth-order valence-corrected chi connectivity index (χ4v) is 5.78. The Kier molecular flexibility index (Phi) is 6.59. The normalized spacial score (nSPS) is 21.3. The van der Waals surface area contributed by atoms with E-state index >= 15 is 0 Å². The van der Waals surface area contributed by atoms with E-state index in [0.717, 1.165) is 72.2 Å². The summed E-state index contributed by atoms with van der Waals surface area (Å²) in [6.45, 7) is 2.34. The van der Waals surface area contributed by atoms with E-state index in [2.05, 4.69) is 43.8 Å². The summed E-state index contributed by atoms with van der Waals surface area (Å²) >= 11 is 0. The van der Waals surface area contributed by atoms with Crippen molar-refractivity contribution in [3.63, 3.8) is 0 Å². The smallest absolute Gasteiger partial charge is 0.406 e. The van der Waals surface area contributed by atoms with Gasteiger partial charge in [-0.1, -0.05) is 42.5 Å². The first-order valence-electron chi connectivity index (χ1n) is 13.1. The van der Waals surface area contributed by atoms with Gasteiger partial charge in [0.25, 0.3) is 0 Å². The fourth-order valence-electron chi connectivity index (χ4n) is 5.78. The molecule has 38 heavy (non-hydrogen) atoms. The molecule has 4 N–H and O–H groups in total. The minimum atomic E-state index is -0.702. The number of rotatable bonds is 8. The van der Waals surface area contributed by atoms with E-state index in [-0.39, 0.29) is 6.23 Å². The molecule has 196 valence electrons. The molecule has 1 aliphatic heterocycles. The van der Waals surface area contributed by atoms with Crippen LogP contribution in [0.1, 0.15) is 37.3 Å². The molecule has 1 aliphatic carbocycles. The maximum Gasteiger partial charge on any atom is 0.406 e. The first-order chi connectivity index (χ1) is 18.5.